The monoisotopic (exact) mass is 270 g/mol. The fourth-order valence-corrected chi connectivity index (χ4v) is 1.93. The molecular weight excluding hydrogens is 252 g/mol. The van der Waals surface area contributed by atoms with E-state index in [1.165, 1.54) is 0 Å². The van der Waals surface area contributed by atoms with E-state index in [1.807, 2.05) is 61.5 Å². The van der Waals surface area contributed by atoms with Gasteiger partial charge in [0.1, 0.15) is 0 Å². The molecule has 0 aliphatic heterocycles. The summed E-state index contributed by atoms with van der Waals surface area (Å²) in [6, 6.07) is 17.4. The van der Waals surface area contributed by atoms with E-state index in [0.717, 1.165) is 16.7 Å². The zero-order chi connectivity index (χ0) is 14.4. The van der Waals surface area contributed by atoms with Crippen LogP contribution in [-0.2, 0) is 22.6 Å². The van der Waals surface area contributed by atoms with Gasteiger partial charge in [-0.1, -0.05) is 60.2 Å². The van der Waals surface area contributed by atoms with Gasteiger partial charge in [-0.25, -0.2) is 4.79 Å². The lowest BCUT2D eigenvalue weighted by Gasteiger charge is -2.14. The number of hydrogen-bond acceptors (Lipinski definition) is 2. The van der Waals surface area contributed by atoms with Crippen LogP contribution in [0.3, 0.4) is 0 Å². The van der Waals surface area contributed by atoms with Crippen molar-refractivity contribution in [2.24, 2.45) is 0 Å². The van der Waals surface area contributed by atoms with E-state index in [9.17, 15) is 9.90 Å². The van der Waals surface area contributed by atoms with Crippen molar-refractivity contribution in [1.29, 1.82) is 0 Å². The predicted molar refractivity (Wildman–Crippen MR) is 77.5 cm³/mol. The second-order valence-electron chi connectivity index (χ2n) is 4.81. The van der Waals surface area contributed by atoms with Gasteiger partial charge in [-0.3, -0.25) is 0 Å². The number of ether oxygens (including phenoxy) is 1. The second-order valence-corrected chi connectivity index (χ2v) is 4.81. The molecule has 0 unspecified atom stereocenters. The molecule has 0 bridgehead atoms. The molecule has 0 spiro atoms. The lowest BCUT2D eigenvalue weighted by molar-refractivity contribution is -0.151. The zero-order valence-corrected chi connectivity index (χ0v) is 11.5. The van der Waals surface area contributed by atoms with Crippen molar-refractivity contribution >= 4 is 5.97 Å². The van der Waals surface area contributed by atoms with E-state index in [4.69, 9.17) is 4.74 Å². The maximum atomic E-state index is 11.3. The van der Waals surface area contributed by atoms with Crippen molar-refractivity contribution < 1.29 is 14.6 Å². The summed E-state index contributed by atoms with van der Waals surface area (Å²) >= 11 is 0. The number of aliphatic carboxylic acids is 1. The normalized spacial score (nSPS) is 12.1. The smallest absolute Gasteiger partial charge is 0.333 e. The number of aryl methyl sites for hydroxylation is 1. The molecule has 0 heterocycles. The van der Waals surface area contributed by atoms with Gasteiger partial charge in [0.25, 0.3) is 0 Å². The van der Waals surface area contributed by atoms with E-state index in [2.05, 4.69) is 0 Å². The van der Waals surface area contributed by atoms with E-state index in [1.54, 1.807) is 0 Å². The van der Waals surface area contributed by atoms with Crippen molar-refractivity contribution in [2.75, 3.05) is 0 Å². The summed E-state index contributed by atoms with van der Waals surface area (Å²) in [7, 11) is 0. The molecule has 3 nitrogen and oxygen atoms in total. The average molecular weight is 270 g/mol. The Bertz CT molecular complexity index is 546. The van der Waals surface area contributed by atoms with Crippen molar-refractivity contribution in [3.8, 4) is 0 Å². The summed E-state index contributed by atoms with van der Waals surface area (Å²) < 4.78 is 5.52. The molecule has 20 heavy (non-hydrogen) atoms. The summed E-state index contributed by atoms with van der Waals surface area (Å²) in [5, 5.41) is 9.24. The molecule has 0 fully saturated rings. The molecule has 104 valence electrons. The third-order valence-corrected chi connectivity index (χ3v) is 3.11. The summed E-state index contributed by atoms with van der Waals surface area (Å²) in [6.07, 6.45) is -0.444. The minimum absolute atomic E-state index is 0.309. The Kier molecular flexibility index (Phi) is 4.91. The molecular formula is C17H18O3. The molecule has 0 aromatic heterocycles. The minimum atomic E-state index is -0.929. The molecule has 2 aromatic rings. The van der Waals surface area contributed by atoms with Crippen LogP contribution in [0.25, 0.3) is 0 Å². The number of hydrogen-bond donors (Lipinski definition) is 1. The molecule has 0 aliphatic carbocycles. The number of rotatable bonds is 6. The van der Waals surface area contributed by atoms with Crippen LogP contribution in [0.5, 0.6) is 0 Å². The molecule has 0 aliphatic rings. The highest BCUT2D eigenvalue weighted by Gasteiger charge is 2.18. The highest BCUT2D eigenvalue weighted by Crippen LogP contribution is 2.11. The first-order valence-electron chi connectivity index (χ1n) is 6.59. The summed E-state index contributed by atoms with van der Waals surface area (Å²) in [4.78, 5) is 11.3. The maximum Gasteiger partial charge on any atom is 0.333 e. The Morgan fingerprint density at radius 2 is 1.70 bits per heavy atom. The first-order valence-corrected chi connectivity index (χ1v) is 6.59. The molecule has 1 N–H and O–H groups in total. The Hall–Kier alpha value is -2.13. The van der Waals surface area contributed by atoms with E-state index in [0.29, 0.717) is 13.0 Å². The van der Waals surface area contributed by atoms with Crippen LogP contribution < -0.4 is 0 Å². The largest absolute Gasteiger partial charge is 0.479 e. The Morgan fingerprint density at radius 3 is 2.30 bits per heavy atom. The average Bonchev–Trinajstić information content (AvgIpc) is 2.46. The Morgan fingerprint density at radius 1 is 1.05 bits per heavy atom. The van der Waals surface area contributed by atoms with Crippen LogP contribution in [0, 0.1) is 6.92 Å². The Balaban J connectivity index is 1.97. The fourth-order valence-electron chi connectivity index (χ4n) is 1.93. The SMILES string of the molecule is Cc1ccc(C[C@H](OCc2ccccc2)C(=O)O)cc1. The quantitative estimate of drug-likeness (QED) is 0.876. The molecule has 2 rings (SSSR count). The molecule has 3 heteroatoms. The van der Waals surface area contributed by atoms with Crippen molar-refractivity contribution in [3.05, 3.63) is 71.3 Å². The van der Waals surface area contributed by atoms with E-state index >= 15 is 0 Å². The van der Waals surface area contributed by atoms with Gasteiger partial charge in [0.05, 0.1) is 6.61 Å². The lowest BCUT2D eigenvalue weighted by atomic mass is 10.1. The van der Waals surface area contributed by atoms with Gasteiger partial charge >= 0.3 is 5.97 Å². The standard InChI is InChI=1S/C17H18O3/c1-13-7-9-14(10-8-13)11-16(17(18)19)20-12-15-5-3-2-4-6-15/h2-10,16H,11-12H2,1H3,(H,18,19)/t16-/m0/s1. The van der Waals surface area contributed by atoms with Gasteiger partial charge < -0.3 is 9.84 Å². The topological polar surface area (TPSA) is 46.5 Å². The first-order chi connectivity index (χ1) is 9.65. The molecule has 1 atom stereocenters. The van der Waals surface area contributed by atoms with Gasteiger partial charge in [-0.05, 0) is 18.1 Å². The third-order valence-electron chi connectivity index (χ3n) is 3.11. The van der Waals surface area contributed by atoms with Gasteiger partial charge in [0.2, 0.25) is 0 Å². The third kappa shape index (κ3) is 4.21. The van der Waals surface area contributed by atoms with Crippen molar-refractivity contribution in [2.45, 2.75) is 26.1 Å². The zero-order valence-electron chi connectivity index (χ0n) is 11.5. The predicted octanol–water partition coefficient (Wildman–Crippen LogP) is 3.21. The van der Waals surface area contributed by atoms with E-state index in [-0.39, 0.29) is 0 Å². The summed E-state index contributed by atoms with van der Waals surface area (Å²) in [5.74, 6) is -0.929. The van der Waals surface area contributed by atoms with Crippen LogP contribution in [-0.4, -0.2) is 17.2 Å². The van der Waals surface area contributed by atoms with Crippen LogP contribution in [0.4, 0.5) is 0 Å². The van der Waals surface area contributed by atoms with Gasteiger partial charge in [0, 0.05) is 6.42 Å². The summed E-state index contributed by atoms with van der Waals surface area (Å²) in [5.41, 5.74) is 3.10. The van der Waals surface area contributed by atoms with Crippen LogP contribution in [0.15, 0.2) is 54.6 Å². The van der Waals surface area contributed by atoms with Crippen molar-refractivity contribution in [1.82, 2.24) is 0 Å². The maximum absolute atomic E-state index is 11.3. The van der Waals surface area contributed by atoms with Gasteiger partial charge in [0.15, 0.2) is 6.10 Å². The fraction of sp³-hybridized carbons (Fsp3) is 0.235. The van der Waals surface area contributed by atoms with Gasteiger partial charge in [-0.15, -0.1) is 0 Å². The number of benzene rings is 2. The first kappa shape index (κ1) is 14.3. The Labute approximate surface area is 118 Å². The van der Waals surface area contributed by atoms with Crippen LogP contribution >= 0.6 is 0 Å². The highest BCUT2D eigenvalue weighted by atomic mass is 16.5. The molecule has 2 aromatic carbocycles. The minimum Gasteiger partial charge on any atom is -0.479 e. The molecule has 0 saturated heterocycles. The number of carboxylic acid groups (broad SMARTS) is 1. The second kappa shape index (κ2) is 6.87. The highest BCUT2D eigenvalue weighted by molar-refractivity contribution is 5.72. The molecule has 0 amide bonds. The molecule has 0 radical (unpaired) electrons. The number of carboxylic acids is 1. The summed E-state index contributed by atoms with van der Waals surface area (Å²) in [6.45, 7) is 2.31. The van der Waals surface area contributed by atoms with Gasteiger partial charge in [-0.2, -0.15) is 0 Å². The number of carbonyl (C=O) groups is 1. The lowest BCUT2D eigenvalue weighted by Crippen LogP contribution is -2.26. The van der Waals surface area contributed by atoms with Crippen LogP contribution in [0.2, 0.25) is 0 Å². The van der Waals surface area contributed by atoms with Crippen molar-refractivity contribution in [3.63, 3.8) is 0 Å². The van der Waals surface area contributed by atoms with Crippen LogP contribution in [0.1, 0.15) is 16.7 Å². The molecule has 0 saturated carbocycles. The van der Waals surface area contributed by atoms with E-state index < -0.39 is 12.1 Å².